The molecule has 1 heterocycles. The molecule has 1 aromatic heterocycles. The minimum atomic E-state index is -3.74. The Morgan fingerprint density at radius 3 is 2.57 bits per heavy atom. The zero-order chi connectivity index (χ0) is 15.6. The molecule has 0 atom stereocenters. The van der Waals surface area contributed by atoms with E-state index >= 15 is 0 Å². The van der Waals surface area contributed by atoms with Crippen molar-refractivity contribution in [2.45, 2.75) is 18.4 Å². The van der Waals surface area contributed by atoms with Crippen molar-refractivity contribution in [2.75, 3.05) is 12.8 Å². The molecule has 0 fully saturated rings. The van der Waals surface area contributed by atoms with Gasteiger partial charge in [-0.15, -0.1) is 0 Å². The van der Waals surface area contributed by atoms with Crippen molar-refractivity contribution in [3.63, 3.8) is 0 Å². The Bertz CT molecular complexity index is 803. The van der Waals surface area contributed by atoms with Gasteiger partial charge in [0.25, 0.3) is 0 Å². The van der Waals surface area contributed by atoms with Gasteiger partial charge in [0.1, 0.15) is 16.4 Å². The largest absolute Gasteiger partial charge is 0.465 e. The molecule has 2 aromatic rings. The lowest BCUT2D eigenvalue weighted by atomic mass is 10.2. The fourth-order valence-electron chi connectivity index (χ4n) is 1.90. The van der Waals surface area contributed by atoms with Gasteiger partial charge in [0.05, 0.1) is 23.9 Å². The van der Waals surface area contributed by atoms with Crippen molar-refractivity contribution in [3.05, 3.63) is 47.4 Å². The van der Waals surface area contributed by atoms with Crippen LogP contribution >= 0.6 is 0 Å². The van der Waals surface area contributed by atoms with E-state index in [2.05, 4.69) is 0 Å². The van der Waals surface area contributed by atoms with Gasteiger partial charge in [0.15, 0.2) is 0 Å². The molecule has 2 N–H and O–H groups in total. The van der Waals surface area contributed by atoms with Crippen LogP contribution in [0.5, 0.6) is 0 Å². The molecule has 0 unspecified atom stereocenters. The molecule has 0 saturated heterocycles. The van der Waals surface area contributed by atoms with Crippen LogP contribution in [0, 0.1) is 18.3 Å². The summed E-state index contributed by atoms with van der Waals surface area (Å²) in [4.78, 5) is -0.0210. The number of benzene rings is 1. The molecule has 0 radical (unpaired) electrons. The van der Waals surface area contributed by atoms with Crippen molar-refractivity contribution in [2.24, 2.45) is 0 Å². The Balaban J connectivity index is 2.31. The molecule has 1 aromatic carbocycles. The molecule has 21 heavy (non-hydrogen) atoms. The number of furan rings is 1. The molecule has 110 valence electrons. The summed E-state index contributed by atoms with van der Waals surface area (Å²) in [6.45, 7) is 1.90. The summed E-state index contributed by atoms with van der Waals surface area (Å²) in [6, 6.07) is 9.52. The topological polar surface area (TPSA) is 100 Å². The highest BCUT2D eigenvalue weighted by atomic mass is 32.2. The molecule has 0 bridgehead atoms. The van der Waals surface area contributed by atoms with Gasteiger partial charge in [-0.1, -0.05) is 0 Å². The lowest BCUT2D eigenvalue weighted by Crippen LogP contribution is -2.27. The number of nitrogen functional groups attached to an aromatic ring is 1. The van der Waals surface area contributed by atoms with Gasteiger partial charge in [-0.3, -0.25) is 0 Å². The van der Waals surface area contributed by atoms with Crippen LogP contribution < -0.4 is 5.73 Å². The predicted molar refractivity (Wildman–Crippen MR) is 77.7 cm³/mol. The summed E-state index contributed by atoms with van der Waals surface area (Å²) in [5.74, 6) is 1.26. The van der Waals surface area contributed by atoms with E-state index in [1.165, 1.54) is 25.2 Å². The molecule has 2 rings (SSSR count). The highest BCUT2D eigenvalue weighted by molar-refractivity contribution is 7.89. The molecule has 7 heteroatoms. The Hall–Kier alpha value is -2.30. The van der Waals surface area contributed by atoms with Crippen LogP contribution in [-0.2, 0) is 16.6 Å². The van der Waals surface area contributed by atoms with Crippen LogP contribution in [0.15, 0.2) is 39.6 Å². The first-order chi connectivity index (χ1) is 9.84. The average molecular weight is 305 g/mol. The maximum Gasteiger partial charge on any atom is 0.245 e. The Kier molecular flexibility index (Phi) is 4.02. The van der Waals surface area contributed by atoms with Gasteiger partial charge in [0.2, 0.25) is 10.0 Å². The number of aryl methyl sites for hydroxylation is 1. The third kappa shape index (κ3) is 3.07. The third-order valence-electron chi connectivity index (χ3n) is 3.00. The first-order valence-electron chi connectivity index (χ1n) is 6.16. The number of nitriles is 1. The molecule has 0 aliphatic heterocycles. The van der Waals surface area contributed by atoms with Crippen LogP contribution in [0.1, 0.15) is 17.1 Å². The normalized spacial score (nSPS) is 11.5. The lowest BCUT2D eigenvalue weighted by Gasteiger charge is -2.17. The van der Waals surface area contributed by atoms with Crippen molar-refractivity contribution in [3.8, 4) is 6.07 Å². The summed E-state index contributed by atoms with van der Waals surface area (Å²) < 4.78 is 31.5. The second-order valence-corrected chi connectivity index (χ2v) is 6.65. The number of nitrogens with zero attached hydrogens (tertiary/aromatic N) is 2. The maximum atomic E-state index is 12.5. The van der Waals surface area contributed by atoms with Crippen LogP contribution in [0.25, 0.3) is 0 Å². The highest BCUT2D eigenvalue weighted by Crippen LogP contribution is 2.24. The van der Waals surface area contributed by atoms with Gasteiger partial charge in [-0.05, 0) is 37.3 Å². The van der Waals surface area contributed by atoms with E-state index in [4.69, 9.17) is 15.4 Å². The molecule has 0 aliphatic rings. The quantitative estimate of drug-likeness (QED) is 0.869. The lowest BCUT2D eigenvalue weighted by molar-refractivity contribution is 0.397. The number of hydrogen-bond donors (Lipinski definition) is 1. The Morgan fingerprint density at radius 2 is 2.05 bits per heavy atom. The summed E-state index contributed by atoms with van der Waals surface area (Å²) >= 11 is 0. The van der Waals surface area contributed by atoms with Crippen molar-refractivity contribution < 1.29 is 12.8 Å². The van der Waals surface area contributed by atoms with Crippen LogP contribution in [-0.4, -0.2) is 19.8 Å². The van der Waals surface area contributed by atoms with Gasteiger partial charge < -0.3 is 10.2 Å². The minimum Gasteiger partial charge on any atom is -0.465 e. The van der Waals surface area contributed by atoms with E-state index in [1.807, 2.05) is 6.07 Å². The number of rotatable bonds is 4. The van der Waals surface area contributed by atoms with Crippen molar-refractivity contribution >= 4 is 15.7 Å². The molecule has 6 nitrogen and oxygen atoms in total. The summed E-state index contributed by atoms with van der Waals surface area (Å²) in [6.07, 6.45) is 0. The number of anilines is 1. The van der Waals surface area contributed by atoms with E-state index in [0.29, 0.717) is 17.1 Å². The summed E-state index contributed by atoms with van der Waals surface area (Å²) in [5, 5.41) is 8.78. The summed E-state index contributed by atoms with van der Waals surface area (Å²) in [5.41, 5.74) is 6.11. The highest BCUT2D eigenvalue weighted by Gasteiger charge is 2.24. The van der Waals surface area contributed by atoms with Gasteiger partial charge in [-0.2, -0.15) is 9.57 Å². The fourth-order valence-corrected chi connectivity index (χ4v) is 3.13. The molecule has 0 spiro atoms. The smallest absolute Gasteiger partial charge is 0.245 e. The van der Waals surface area contributed by atoms with E-state index in [-0.39, 0.29) is 17.1 Å². The maximum absolute atomic E-state index is 12.5. The molecule has 0 amide bonds. The third-order valence-corrected chi connectivity index (χ3v) is 4.88. The second kappa shape index (κ2) is 5.60. The van der Waals surface area contributed by atoms with Crippen molar-refractivity contribution in [1.82, 2.24) is 4.31 Å². The van der Waals surface area contributed by atoms with Crippen LogP contribution in [0.3, 0.4) is 0 Å². The van der Waals surface area contributed by atoms with Gasteiger partial charge in [0, 0.05) is 7.05 Å². The standard InChI is InChI=1S/C14H15N3O3S/c1-10-3-5-12(20-10)9-17(2)21(18,19)14-6-4-11(8-15)7-13(14)16/h3-7H,9,16H2,1-2H3. The first kappa shape index (κ1) is 15.1. The zero-order valence-corrected chi connectivity index (χ0v) is 12.5. The minimum absolute atomic E-state index is 0.0210. The van der Waals surface area contributed by atoms with Gasteiger partial charge in [-0.25, -0.2) is 8.42 Å². The number of hydrogen-bond acceptors (Lipinski definition) is 5. The monoisotopic (exact) mass is 305 g/mol. The fraction of sp³-hybridized carbons (Fsp3) is 0.214. The number of nitrogens with two attached hydrogens (primary N) is 1. The van der Waals surface area contributed by atoms with E-state index < -0.39 is 10.0 Å². The Labute approximate surface area is 123 Å². The van der Waals surface area contributed by atoms with Crippen molar-refractivity contribution in [1.29, 1.82) is 5.26 Å². The first-order valence-corrected chi connectivity index (χ1v) is 7.60. The van der Waals surface area contributed by atoms with E-state index in [0.717, 1.165) is 4.31 Å². The average Bonchev–Trinajstić information content (AvgIpc) is 2.83. The molecule has 0 aliphatic carbocycles. The van der Waals surface area contributed by atoms with Crippen LogP contribution in [0.4, 0.5) is 5.69 Å². The SMILES string of the molecule is Cc1ccc(CN(C)S(=O)(=O)c2ccc(C#N)cc2N)o1. The molecular formula is C14H15N3O3S. The Morgan fingerprint density at radius 1 is 1.33 bits per heavy atom. The van der Waals surface area contributed by atoms with Gasteiger partial charge >= 0.3 is 0 Å². The molecule has 0 saturated carbocycles. The van der Waals surface area contributed by atoms with Crippen LogP contribution in [0.2, 0.25) is 0 Å². The summed E-state index contributed by atoms with van der Waals surface area (Å²) in [7, 11) is -2.30. The zero-order valence-electron chi connectivity index (χ0n) is 11.7. The molecular weight excluding hydrogens is 290 g/mol. The van der Waals surface area contributed by atoms with E-state index in [9.17, 15) is 8.42 Å². The predicted octanol–water partition coefficient (Wildman–Crippen LogP) is 1.86. The second-order valence-electron chi connectivity index (χ2n) is 4.64. The van der Waals surface area contributed by atoms with E-state index in [1.54, 1.807) is 19.1 Å². The number of sulfonamides is 1.